The van der Waals surface area contributed by atoms with Crippen molar-refractivity contribution in [1.29, 1.82) is 0 Å². The molecule has 0 saturated heterocycles. The quantitative estimate of drug-likeness (QED) is 0.185. The zero-order valence-electron chi connectivity index (χ0n) is 39.6. The molecular formula is C54H64Cl2N6O6. The molecule has 8 bridgehead atoms. The number of ether oxygens (including phenoxy) is 4. The fourth-order valence-corrected chi connectivity index (χ4v) is 7.71. The van der Waals surface area contributed by atoms with Crippen molar-refractivity contribution in [2.75, 3.05) is 90.6 Å². The Morgan fingerprint density at radius 3 is 1.03 bits per heavy atom. The number of carbonyl (C=O) groups excluding carboxylic acids is 2. The van der Waals surface area contributed by atoms with Crippen LogP contribution in [-0.2, 0) is 35.5 Å². The monoisotopic (exact) mass is 962 g/mol. The summed E-state index contributed by atoms with van der Waals surface area (Å²) in [6.07, 6.45) is 11.3. The van der Waals surface area contributed by atoms with E-state index < -0.39 is 0 Å². The van der Waals surface area contributed by atoms with Crippen molar-refractivity contribution in [2.45, 2.75) is 38.8 Å². The molecule has 9 heterocycles. The maximum absolute atomic E-state index is 13.6. The molecule has 12 nitrogen and oxygen atoms in total. The zero-order valence-corrected chi connectivity index (χ0v) is 41.2. The van der Waals surface area contributed by atoms with E-state index in [9.17, 15) is 9.59 Å². The third-order valence-electron chi connectivity index (χ3n) is 11.7. The van der Waals surface area contributed by atoms with Crippen LogP contribution in [0, 0.1) is 0 Å². The van der Waals surface area contributed by atoms with Gasteiger partial charge >= 0.3 is 0 Å². The van der Waals surface area contributed by atoms with Gasteiger partial charge in [-0.3, -0.25) is 9.59 Å². The largest absolute Gasteiger partial charge is 1.00 e. The van der Waals surface area contributed by atoms with E-state index in [0.29, 0.717) is 57.3 Å². The molecule has 0 saturated carbocycles. The Morgan fingerprint density at radius 1 is 0.441 bits per heavy atom. The number of benzene rings is 4. The Morgan fingerprint density at radius 2 is 0.735 bits per heavy atom. The van der Waals surface area contributed by atoms with Crippen LogP contribution in [0.25, 0.3) is 0 Å². The van der Waals surface area contributed by atoms with E-state index in [2.05, 4.69) is 92.3 Å². The minimum absolute atomic E-state index is 0. The summed E-state index contributed by atoms with van der Waals surface area (Å²) in [5.74, 6) is 2.58. The molecule has 7 aliphatic heterocycles. The second-order valence-corrected chi connectivity index (χ2v) is 17.0. The van der Waals surface area contributed by atoms with Crippen LogP contribution < -0.4 is 62.7 Å². The molecule has 360 valence electrons. The molecule has 7 aliphatic rings. The Hall–Kier alpha value is -6.50. The fourth-order valence-electron chi connectivity index (χ4n) is 7.71. The van der Waals surface area contributed by atoms with Gasteiger partial charge < -0.3 is 63.4 Å². The summed E-state index contributed by atoms with van der Waals surface area (Å²) in [6, 6.07) is 40.3. The van der Waals surface area contributed by atoms with Gasteiger partial charge in [-0.25, -0.2) is 9.13 Å². The fraction of sp³-hybridized carbons (Fsp3) is 0.333. The number of anilines is 2. The van der Waals surface area contributed by atoms with Gasteiger partial charge in [0, 0.05) is 89.8 Å². The highest BCUT2D eigenvalue weighted by atomic mass is 35.5. The van der Waals surface area contributed by atoms with Crippen molar-refractivity contribution in [3.05, 3.63) is 168 Å². The van der Waals surface area contributed by atoms with Crippen LogP contribution in [-0.4, -0.2) is 102 Å². The van der Waals surface area contributed by atoms with Crippen molar-refractivity contribution in [3.8, 4) is 23.0 Å². The summed E-state index contributed by atoms with van der Waals surface area (Å²) in [5.41, 5.74) is 6.79. The van der Waals surface area contributed by atoms with E-state index >= 15 is 0 Å². The topological polar surface area (TPSA) is 91.8 Å². The van der Waals surface area contributed by atoms with Gasteiger partial charge in [-0.1, -0.05) is 48.5 Å². The molecule has 0 atom stereocenters. The summed E-state index contributed by atoms with van der Waals surface area (Å²) >= 11 is 0. The van der Waals surface area contributed by atoms with Crippen molar-refractivity contribution in [3.63, 3.8) is 0 Å². The van der Waals surface area contributed by atoms with Crippen molar-refractivity contribution < 1.29 is 62.5 Å². The lowest BCUT2D eigenvalue weighted by molar-refractivity contribution is -0.697. The average molecular weight is 964 g/mol. The third kappa shape index (κ3) is 16.4. The summed E-state index contributed by atoms with van der Waals surface area (Å²) < 4.78 is 28.7. The van der Waals surface area contributed by atoms with E-state index in [1.165, 1.54) is 0 Å². The van der Waals surface area contributed by atoms with Crippen LogP contribution in [0.2, 0.25) is 0 Å². The van der Waals surface area contributed by atoms with Gasteiger partial charge in [0.05, 0.1) is 13.1 Å². The van der Waals surface area contributed by atoms with E-state index in [4.69, 9.17) is 18.9 Å². The van der Waals surface area contributed by atoms with E-state index in [1.807, 2.05) is 111 Å². The van der Waals surface area contributed by atoms with E-state index in [0.717, 1.165) is 77.5 Å². The molecule has 68 heavy (non-hydrogen) atoms. The summed E-state index contributed by atoms with van der Waals surface area (Å²) in [7, 11) is 8.11. The van der Waals surface area contributed by atoms with Crippen molar-refractivity contribution in [2.24, 2.45) is 0 Å². The highest BCUT2D eigenvalue weighted by Crippen LogP contribution is 2.21. The first-order chi connectivity index (χ1) is 32.1. The number of hydrogen-bond donors (Lipinski definition) is 0. The van der Waals surface area contributed by atoms with Crippen molar-refractivity contribution in [1.82, 2.24) is 9.80 Å². The lowest BCUT2D eigenvalue weighted by atomic mass is 10.0. The molecule has 6 aromatic rings. The Kier molecular flexibility index (Phi) is 20.6. The van der Waals surface area contributed by atoms with Gasteiger partial charge in [0.2, 0.25) is 0 Å². The maximum Gasteiger partial charge on any atom is 0.260 e. The number of carbonyl (C=O) groups is 2. The van der Waals surface area contributed by atoms with Crippen LogP contribution in [0.15, 0.2) is 146 Å². The third-order valence-corrected chi connectivity index (χ3v) is 11.7. The molecular weight excluding hydrogens is 900 g/mol. The number of aryl methyl sites for hydroxylation is 2. The van der Waals surface area contributed by atoms with Gasteiger partial charge in [0.1, 0.15) is 49.3 Å². The summed E-state index contributed by atoms with van der Waals surface area (Å²) in [4.78, 5) is 35.1. The maximum atomic E-state index is 13.6. The molecule has 4 aromatic carbocycles. The Balaban J connectivity index is 0.00000432. The number of halogens is 2. The standard InChI is InChI=1S/C54H64N6O6.2ClH/c1-55(2)47-23-31-57(32-24-47)27-5-29-59-35-37-63-49-15-7-43(8-16-49)39-44-9-17-50(18-10-44)64-38-36-60(30-6-28-58-33-25-48(26-34-58)56(3)4)54(62)42-66-52-21-13-46(14-22-52)40-45-11-19-51(20-12-45)65-41-53(59)61;;/h7-26,31-34H,5-6,27-30,35-42H2,1-4H3;2*1H/q+2;;/p-2. The molecule has 13 rings (SSSR count). The summed E-state index contributed by atoms with van der Waals surface area (Å²) in [6.45, 7) is 4.14. The molecule has 14 heteroatoms. The minimum atomic E-state index is -0.0915. The minimum Gasteiger partial charge on any atom is -1.00 e. The Bertz CT molecular complexity index is 2250. The normalized spacial score (nSPS) is 13.7. The number of pyridine rings is 2. The molecule has 0 radical (unpaired) electrons. The molecule has 0 unspecified atom stereocenters. The van der Waals surface area contributed by atoms with Gasteiger partial charge in [-0.2, -0.15) is 0 Å². The molecule has 0 fully saturated rings. The molecule has 0 spiro atoms. The number of nitrogens with zero attached hydrogens (tertiary/aromatic N) is 6. The van der Waals surface area contributed by atoms with Gasteiger partial charge in [-0.05, 0) is 83.6 Å². The molecule has 0 N–H and O–H groups in total. The summed E-state index contributed by atoms with van der Waals surface area (Å²) in [5, 5.41) is 0. The van der Waals surface area contributed by atoms with Gasteiger partial charge in [0.25, 0.3) is 11.8 Å². The van der Waals surface area contributed by atoms with Crippen molar-refractivity contribution >= 4 is 23.2 Å². The van der Waals surface area contributed by atoms with Crippen LogP contribution >= 0.6 is 0 Å². The SMILES string of the molecule is CN(C)c1cc[n+](CCCN2CCOc3ccc(cc3)Cc3ccc(cc3)OCCN(CCC[n+]3ccc(N(C)C)cc3)C(=O)COc3ccc(cc3)Cc3ccc(cc3)OCC2=O)cc1.[Cl-].[Cl-]. The van der Waals surface area contributed by atoms with Gasteiger partial charge in [-0.15, -0.1) is 0 Å². The smallest absolute Gasteiger partial charge is 0.260 e. The van der Waals surface area contributed by atoms with Gasteiger partial charge in [0.15, 0.2) is 38.0 Å². The Labute approximate surface area is 414 Å². The molecule has 2 aromatic heterocycles. The number of amides is 2. The van der Waals surface area contributed by atoms with E-state index in [-0.39, 0.29) is 49.8 Å². The predicted octanol–water partition coefficient (Wildman–Crippen LogP) is 0.650. The second-order valence-electron chi connectivity index (χ2n) is 17.0. The van der Waals surface area contributed by atoms with E-state index in [1.54, 1.807) is 0 Å². The lowest BCUT2D eigenvalue weighted by Gasteiger charge is -2.23. The highest BCUT2D eigenvalue weighted by Gasteiger charge is 2.18. The molecule has 2 amide bonds. The highest BCUT2D eigenvalue weighted by molar-refractivity contribution is 5.78. The first-order valence-corrected chi connectivity index (χ1v) is 22.9. The number of hydrogen-bond acceptors (Lipinski definition) is 8. The van der Waals surface area contributed by atoms with Crippen LogP contribution in [0.5, 0.6) is 23.0 Å². The number of rotatable bonds is 10. The number of aromatic nitrogens is 2. The van der Waals surface area contributed by atoms with Crippen LogP contribution in [0.3, 0.4) is 0 Å². The average Bonchev–Trinajstić information content (AvgIpc) is 3.33. The van der Waals surface area contributed by atoms with Crippen LogP contribution in [0.4, 0.5) is 11.4 Å². The first kappa shape index (κ1) is 52.5. The first-order valence-electron chi connectivity index (χ1n) is 22.9. The second kappa shape index (κ2) is 26.7. The zero-order chi connectivity index (χ0) is 46.1. The molecule has 0 aliphatic carbocycles. The predicted molar refractivity (Wildman–Crippen MR) is 258 cm³/mol. The lowest BCUT2D eigenvalue weighted by Crippen LogP contribution is -3.00. The van der Waals surface area contributed by atoms with Crippen LogP contribution in [0.1, 0.15) is 35.1 Å².